The summed E-state index contributed by atoms with van der Waals surface area (Å²) in [6.07, 6.45) is 0.941. The van der Waals surface area contributed by atoms with Crippen molar-refractivity contribution in [2.75, 3.05) is 0 Å². The summed E-state index contributed by atoms with van der Waals surface area (Å²) in [7, 11) is 0. The third-order valence-electron chi connectivity index (χ3n) is 2.16. The number of aromatic nitrogens is 1. The summed E-state index contributed by atoms with van der Waals surface area (Å²) in [6, 6.07) is 5.54. The Morgan fingerprint density at radius 1 is 1.33 bits per heavy atom. The molecular weight excluding hydrogens is 228 g/mol. The smallest absolute Gasteiger partial charge is 0.434 e. The Labute approximate surface area is 108 Å². The van der Waals surface area contributed by atoms with E-state index in [1.54, 1.807) is 20.0 Å². The second kappa shape index (κ2) is 5.76. The van der Waals surface area contributed by atoms with E-state index >= 15 is 0 Å². The second-order valence-electron chi connectivity index (χ2n) is 5.36. The lowest BCUT2D eigenvalue weighted by Gasteiger charge is -2.20. The van der Waals surface area contributed by atoms with Crippen LogP contribution in [0.15, 0.2) is 29.4 Å². The van der Waals surface area contributed by atoms with Crippen LogP contribution in [-0.2, 0) is 4.74 Å². The predicted octanol–water partition coefficient (Wildman–Crippen LogP) is 3.46. The molecule has 1 amide bonds. The monoisotopic (exact) mass is 248 g/mol. The van der Waals surface area contributed by atoms with Crippen molar-refractivity contribution >= 4 is 11.8 Å². The molecule has 98 valence electrons. The van der Waals surface area contributed by atoms with Crippen molar-refractivity contribution < 1.29 is 9.53 Å². The lowest BCUT2D eigenvalue weighted by atomic mass is 9.87. The van der Waals surface area contributed by atoms with Gasteiger partial charge in [0.15, 0.2) is 0 Å². The summed E-state index contributed by atoms with van der Waals surface area (Å²) in [5.41, 5.74) is 1.06. The number of rotatable bonds is 2. The minimum Gasteiger partial charge on any atom is -0.445 e. The van der Waals surface area contributed by atoms with Gasteiger partial charge in [-0.25, -0.2) is 4.79 Å². The van der Waals surface area contributed by atoms with E-state index in [1.807, 2.05) is 39.0 Å². The number of aliphatic imine (C=N–C) groups is 1. The van der Waals surface area contributed by atoms with Crippen LogP contribution in [0.4, 0.5) is 4.79 Å². The molecule has 0 saturated carbocycles. The summed E-state index contributed by atoms with van der Waals surface area (Å²) in [5, 5.41) is 0. The molecule has 1 heterocycles. The Morgan fingerprint density at radius 3 is 2.44 bits per heavy atom. The van der Waals surface area contributed by atoms with Crippen LogP contribution in [0.1, 0.15) is 40.3 Å². The fourth-order valence-corrected chi connectivity index (χ4v) is 1.43. The molecule has 1 rings (SSSR count). The Hall–Kier alpha value is -1.71. The average molecular weight is 248 g/mol. The van der Waals surface area contributed by atoms with Crippen LogP contribution in [0, 0.1) is 5.41 Å². The van der Waals surface area contributed by atoms with Gasteiger partial charge in [-0.15, -0.1) is 0 Å². The lowest BCUT2D eigenvalue weighted by Crippen LogP contribution is -2.24. The molecule has 0 spiro atoms. The molecule has 4 heteroatoms. The maximum Gasteiger partial charge on any atom is 0.434 e. The molecule has 0 aliphatic carbocycles. The standard InChI is InChI=1S/C14H20N2O2/c1-10(2)18-13(17)16-12(14(3,4)5)11-8-6-7-9-15-11/h6-10H,1-5H3. The first-order valence-corrected chi connectivity index (χ1v) is 6.02. The zero-order chi connectivity index (χ0) is 13.8. The Kier molecular flexibility index (Phi) is 4.59. The van der Waals surface area contributed by atoms with Crippen LogP contribution in [-0.4, -0.2) is 22.9 Å². The molecule has 4 nitrogen and oxygen atoms in total. The number of ether oxygens (including phenoxy) is 1. The number of hydrogen-bond acceptors (Lipinski definition) is 3. The summed E-state index contributed by atoms with van der Waals surface area (Å²) in [6.45, 7) is 9.56. The van der Waals surface area contributed by atoms with Gasteiger partial charge in [-0.2, -0.15) is 4.99 Å². The van der Waals surface area contributed by atoms with E-state index in [0.29, 0.717) is 11.4 Å². The minimum absolute atomic E-state index is 0.175. The summed E-state index contributed by atoms with van der Waals surface area (Å²) < 4.78 is 5.04. The van der Waals surface area contributed by atoms with Crippen molar-refractivity contribution in [2.45, 2.75) is 40.7 Å². The SMILES string of the molecule is CC(C)OC(=O)N=C(c1ccccn1)C(C)(C)C. The van der Waals surface area contributed by atoms with Gasteiger partial charge >= 0.3 is 6.09 Å². The molecule has 0 saturated heterocycles. The third-order valence-corrected chi connectivity index (χ3v) is 2.16. The molecular formula is C14H20N2O2. The highest BCUT2D eigenvalue weighted by molar-refractivity contribution is 6.07. The third kappa shape index (κ3) is 4.28. The maximum absolute atomic E-state index is 11.6. The van der Waals surface area contributed by atoms with Crippen LogP contribution in [0.25, 0.3) is 0 Å². The number of nitrogens with zero attached hydrogens (tertiary/aromatic N) is 2. The number of carbonyl (C=O) groups is 1. The van der Waals surface area contributed by atoms with Crippen LogP contribution in [0.5, 0.6) is 0 Å². The van der Waals surface area contributed by atoms with Gasteiger partial charge in [-0.3, -0.25) is 4.98 Å². The molecule has 0 atom stereocenters. The topological polar surface area (TPSA) is 51.5 Å². The maximum atomic E-state index is 11.6. The summed E-state index contributed by atoms with van der Waals surface area (Å²) in [4.78, 5) is 19.9. The van der Waals surface area contributed by atoms with Crippen LogP contribution in [0.2, 0.25) is 0 Å². The first-order valence-electron chi connectivity index (χ1n) is 6.02. The van der Waals surface area contributed by atoms with E-state index in [1.165, 1.54) is 0 Å². The van der Waals surface area contributed by atoms with Crippen molar-refractivity contribution in [1.82, 2.24) is 4.98 Å². The minimum atomic E-state index is -0.569. The van der Waals surface area contributed by atoms with Gasteiger partial charge in [0.05, 0.1) is 17.5 Å². The van der Waals surface area contributed by atoms with Crippen molar-refractivity contribution in [2.24, 2.45) is 10.4 Å². The fourth-order valence-electron chi connectivity index (χ4n) is 1.43. The molecule has 0 N–H and O–H groups in total. The number of pyridine rings is 1. The van der Waals surface area contributed by atoms with Gasteiger partial charge < -0.3 is 4.74 Å². The zero-order valence-corrected chi connectivity index (χ0v) is 11.6. The van der Waals surface area contributed by atoms with E-state index in [2.05, 4.69) is 9.98 Å². The molecule has 18 heavy (non-hydrogen) atoms. The Bertz CT molecular complexity index is 431. The van der Waals surface area contributed by atoms with E-state index in [4.69, 9.17) is 4.74 Å². The number of amides is 1. The molecule has 0 aliphatic rings. The van der Waals surface area contributed by atoms with Gasteiger partial charge in [0.1, 0.15) is 0 Å². The number of hydrogen-bond donors (Lipinski definition) is 0. The van der Waals surface area contributed by atoms with Crippen LogP contribution < -0.4 is 0 Å². The Balaban J connectivity index is 3.08. The summed E-state index contributed by atoms with van der Waals surface area (Å²) >= 11 is 0. The van der Waals surface area contributed by atoms with Gasteiger partial charge in [-0.1, -0.05) is 26.8 Å². The highest BCUT2D eigenvalue weighted by Crippen LogP contribution is 2.21. The first kappa shape index (κ1) is 14.4. The van der Waals surface area contributed by atoms with Crippen molar-refractivity contribution in [3.05, 3.63) is 30.1 Å². The molecule has 0 fully saturated rings. The normalized spacial score (nSPS) is 12.7. The quantitative estimate of drug-likeness (QED) is 0.753. The van der Waals surface area contributed by atoms with Gasteiger partial charge in [0.25, 0.3) is 0 Å². The summed E-state index contributed by atoms with van der Waals surface area (Å²) in [5.74, 6) is 0. The molecule has 0 aliphatic heterocycles. The van der Waals surface area contributed by atoms with Crippen LogP contribution in [0.3, 0.4) is 0 Å². The highest BCUT2D eigenvalue weighted by atomic mass is 16.6. The first-order chi connectivity index (χ1) is 8.30. The van der Waals surface area contributed by atoms with Crippen molar-refractivity contribution in [3.8, 4) is 0 Å². The predicted molar refractivity (Wildman–Crippen MR) is 71.8 cm³/mol. The van der Waals surface area contributed by atoms with E-state index in [9.17, 15) is 4.79 Å². The van der Waals surface area contributed by atoms with E-state index < -0.39 is 6.09 Å². The van der Waals surface area contributed by atoms with E-state index in [0.717, 1.165) is 0 Å². The number of carbonyl (C=O) groups excluding carboxylic acids is 1. The zero-order valence-electron chi connectivity index (χ0n) is 11.6. The molecule has 1 aromatic rings. The second-order valence-corrected chi connectivity index (χ2v) is 5.36. The van der Waals surface area contributed by atoms with Gasteiger partial charge in [0, 0.05) is 11.6 Å². The lowest BCUT2D eigenvalue weighted by molar-refractivity contribution is 0.125. The largest absolute Gasteiger partial charge is 0.445 e. The molecule has 0 radical (unpaired) electrons. The van der Waals surface area contributed by atoms with Gasteiger partial charge in [0.2, 0.25) is 0 Å². The molecule has 0 aromatic carbocycles. The molecule has 1 aromatic heterocycles. The van der Waals surface area contributed by atoms with Crippen LogP contribution >= 0.6 is 0 Å². The highest BCUT2D eigenvalue weighted by Gasteiger charge is 2.23. The van der Waals surface area contributed by atoms with E-state index in [-0.39, 0.29) is 11.5 Å². The fraction of sp³-hybridized carbons (Fsp3) is 0.500. The molecule has 0 unspecified atom stereocenters. The van der Waals surface area contributed by atoms with Crippen molar-refractivity contribution in [3.63, 3.8) is 0 Å². The Morgan fingerprint density at radius 2 is 2.00 bits per heavy atom. The van der Waals surface area contributed by atoms with Gasteiger partial charge in [-0.05, 0) is 26.0 Å². The molecule has 0 bridgehead atoms. The average Bonchev–Trinajstić information content (AvgIpc) is 2.24. The van der Waals surface area contributed by atoms with Crippen molar-refractivity contribution in [1.29, 1.82) is 0 Å².